The predicted octanol–water partition coefficient (Wildman–Crippen LogP) is 4.08. The number of nitrogen functional groups attached to an aromatic ring is 1. The summed E-state index contributed by atoms with van der Waals surface area (Å²) in [6.45, 7) is 4.14. The van der Waals surface area contributed by atoms with Gasteiger partial charge in [-0.05, 0) is 83.9 Å². The molecule has 2 aliphatic heterocycles. The summed E-state index contributed by atoms with van der Waals surface area (Å²) in [6.07, 6.45) is 8.06. The maximum absolute atomic E-state index is 13.7. The van der Waals surface area contributed by atoms with E-state index in [1.54, 1.807) is 16.2 Å². The van der Waals surface area contributed by atoms with Gasteiger partial charge in [-0.3, -0.25) is 14.0 Å². The Hall–Kier alpha value is -3.73. The second-order valence-corrected chi connectivity index (χ2v) is 14.3. The molecule has 2 N–H and O–H groups in total. The summed E-state index contributed by atoms with van der Waals surface area (Å²) in [5, 5.41) is 15.4. The van der Waals surface area contributed by atoms with Crippen LogP contribution in [0.2, 0.25) is 0 Å². The number of hydrogen-bond acceptors (Lipinski definition) is 11. The van der Waals surface area contributed by atoms with Gasteiger partial charge in [0.25, 0.3) is 0 Å². The Morgan fingerprint density at radius 2 is 2.00 bits per heavy atom. The average molecular weight is 631 g/mol. The minimum absolute atomic E-state index is 0.129. The number of imidazole rings is 1. The van der Waals surface area contributed by atoms with Crippen LogP contribution < -0.4 is 16.2 Å². The highest BCUT2D eigenvalue weighted by Gasteiger charge is 2.48. The van der Waals surface area contributed by atoms with Crippen molar-refractivity contribution in [2.24, 2.45) is 7.05 Å². The summed E-state index contributed by atoms with van der Waals surface area (Å²) in [6, 6.07) is 2.51. The Balaban J connectivity index is 1.30. The first-order chi connectivity index (χ1) is 21.8. The van der Waals surface area contributed by atoms with E-state index in [1.807, 2.05) is 0 Å². The van der Waals surface area contributed by atoms with E-state index >= 15 is 0 Å². The third-order valence-electron chi connectivity index (χ3n) is 10.7. The smallest absolute Gasteiger partial charge is 0.330 e. The Morgan fingerprint density at radius 3 is 2.73 bits per heavy atom. The number of likely N-dealkylation sites (N-methyl/N-ethyl adjacent to an activating group) is 1. The molecule has 0 unspecified atom stereocenters. The second-order valence-electron chi connectivity index (χ2n) is 13.1. The third kappa shape index (κ3) is 4.22. The number of anilines is 1. The van der Waals surface area contributed by atoms with E-state index in [0.717, 1.165) is 81.2 Å². The number of nitrogens with two attached hydrogens (primary N) is 1. The van der Waals surface area contributed by atoms with Crippen molar-refractivity contribution in [2.45, 2.75) is 88.3 Å². The number of rotatable bonds is 5. The second kappa shape index (κ2) is 10.7. The fraction of sp³-hybridized carbons (Fsp3) is 0.594. The minimum Gasteiger partial charge on any atom is -0.471 e. The maximum atomic E-state index is 13.7. The lowest BCUT2D eigenvalue weighted by molar-refractivity contribution is 0.118. The molecule has 1 spiro atoms. The van der Waals surface area contributed by atoms with Crippen LogP contribution in [0.15, 0.2) is 9.32 Å². The predicted molar refractivity (Wildman–Crippen MR) is 169 cm³/mol. The lowest BCUT2D eigenvalue weighted by atomic mass is 9.62. The largest absolute Gasteiger partial charge is 0.471 e. The summed E-state index contributed by atoms with van der Waals surface area (Å²) in [4.78, 5) is 27.2. The fourth-order valence-corrected chi connectivity index (χ4v) is 9.65. The van der Waals surface area contributed by atoms with Gasteiger partial charge in [-0.1, -0.05) is 5.16 Å². The fourth-order valence-electron chi connectivity index (χ4n) is 8.49. The van der Waals surface area contributed by atoms with E-state index in [0.29, 0.717) is 52.4 Å². The molecule has 13 heteroatoms. The molecule has 45 heavy (non-hydrogen) atoms. The van der Waals surface area contributed by atoms with E-state index in [-0.39, 0.29) is 23.9 Å². The molecule has 2 fully saturated rings. The lowest BCUT2D eigenvalue weighted by Crippen LogP contribution is -2.38. The highest BCUT2D eigenvalue weighted by Crippen LogP contribution is 2.54. The molecule has 12 nitrogen and oxygen atoms in total. The molecule has 2 saturated heterocycles. The summed E-state index contributed by atoms with van der Waals surface area (Å²) in [7, 11) is 3.87. The van der Waals surface area contributed by atoms with E-state index < -0.39 is 5.41 Å². The number of thiophene rings is 1. The first-order valence-corrected chi connectivity index (χ1v) is 16.9. The molecule has 0 bridgehead atoms. The van der Waals surface area contributed by atoms with Crippen molar-refractivity contribution in [2.75, 3.05) is 32.5 Å². The van der Waals surface area contributed by atoms with E-state index in [4.69, 9.17) is 34.9 Å². The molecule has 236 valence electrons. The van der Waals surface area contributed by atoms with Gasteiger partial charge in [0.1, 0.15) is 17.2 Å². The highest BCUT2D eigenvalue weighted by molar-refractivity contribution is 7.16. The number of nitriles is 1. The molecule has 0 radical (unpaired) electrons. The highest BCUT2D eigenvalue weighted by atomic mass is 32.1. The SMILES string of the molecule is C[C@H](Oc1nc(-c2onc3c2CCC[C@@]32CCCc3sc(N)c(C#N)c32)nc2c1n(C)c(=O)n2[C@@H]1CCOC1)[C@@H]1CCCN1C. The quantitative estimate of drug-likeness (QED) is 0.342. The normalized spacial score (nSPS) is 25.5. The van der Waals surface area contributed by atoms with Gasteiger partial charge in [0.05, 0.1) is 23.9 Å². The van der Waals surface area contributed by atoms with Gasteiger partial charge in [-0.25, -0.2) is 9.78 Å². The van der Waals surface area contributed by atoms with E-state index in [2.05, 4.69) is 24.9 Å². The number of aromatic nitrogens is 5. The monoisotopic (exact) mass is 630 g/mol. The molecule has 8 rings (SSSR count). The zero-order chi connectivity index (χ0) is 31.0. The number of likely N-dealkylation sites (tertiary alicyclic amines) is 1. The van der Waals surface area contributed by atoms with Crippen molar-refractivity contribution < 1.29 is 14.0 Å². The number of hydrogen-bond donors (Lipinski definition) is 1. The van der Waals surface area contributed by atoms with Crippen molar-refractivity contribution >= 4 is 27.5 Å². The van der Waals surface area contributed by atoms with Crippen molar-refractivity contribution in [1.29, 1.82) is 5.26 Å². The van der Waals surface area contributed by atoms with Gasteiger partial charge in [0, 0.05) is 35.6 Å². The summed E-state index contributed by atoms with van der Waals surface area (Å²) in [5.74, 6) is 1.23. The average Bonchev–Trinajstić information content (AvgIpc) is 3.85. The number of aryl methyl sites for hydroxylation is 2. The van der Waals surface area contributed by atoms with Crippen molar-refractivity contribution in [3.8, 4) is 23.5 Å². The molecule has 4 aromatic rings. The van der Waals surface area contributed by atoms with Gasteiger partial charge >= 0.3 is 5.69 Å². The first-order valence-electron chi connectivity index (χ1n) is 16.1. The van der Waals surface area contributed by atoms with Gasteiger partial charge in [-0.2, -0.15) is 10.2 Å². The Labute approximate surface area is 264 Å². The molecule has 2 aliphatic carbocycles. The van der Waals surface area contributed by atoms with Crippen molar-refractivity contribution in [3.05, 3.63) is 37.7 Å². The van der Waals surface area contributed by atoms with Crippen LogP contribution in [-0.2, 0) is 30.0 Å². The number of nitrogens with zero attached hydrogens (tertiary/aromatic N) is 7. The maximum Gasteiger partial charge on any atom is 0.330 e. The van der Waals surface area contributed by atoms with Crippen LogP contribution in [0, 0.1) is 11.3 Å². The van der Waals surface area contributed by atoms with Crippen LogP contribution in [0.25, 0.3) is 22.7 Å². The van der Waals surface area contributed by atoms with Crippen LogP contribution in [0.5, 0.6) is 5.88 Å². The zero-order valence-corrected chi connectivity index (χ0v) is 26.8. The molecule has 0 aromatic carbocycles. The first kappa shape index (κ1) is 28.7. The van der Waals surface area contributed by atoms with Crippen molar-refractivity contribution in [3.63, 3.8) is 0 Å². The number of fused-ring (bicyclic) bond motifs is 5. The van der Waals surface area contributed by atoms with Crippen LogP contribution in [0.1, 0.15) is 85.2 Å². The summed E-state index contributed by atoms with van der Waals surface area (Å²) >= 11 is 1.53. The van der Waals surface area contributed by atoms with Crippen molar-refractivity contribution in [1.82, 2.24) is 29.2 Å². The molecule has 6 heterocycles. The van der Waals surface area contributed by atoms with Gasteiger partial charge in [0.2, 0.25) is 17.5 Å². The molecular weight excluding hydrogens is 592 g/mol. The van der Waals surface area contributed by atoms with Crippen LogP contribution in [0.3, 0.4) is 0 Å². The molecule has 4 aromatic heterocycles. The summed E-state index contributed by atoms with van der Waals surface area (Å²) < 4.78 is 21.9. The third-order valence-corrected chi connectivity index (χ3v) is 11.7. The molecule has 4 atom stereocenters. The van der Waals surface area contributed by atoms with Gasteiger partial charge in [-0.15, -0.1) is 11.3 Å². The van der Waals surface area contributed by atoms with E-state index in [1.165, 1.54) is 16.2 Å². The minimum atomic E-state index is -0.427. The molecule has 4 aliphatic rings. The van der Waals surface area contributed by atoms with Gasteiger partial charge in [0.15, 0.2) is 11.2 Å². The van der Waals surface area contributed by atoms with E-state index in [9.17, 15) is 10.1 Å². The summed E-state index contributed by atoms with van der Waals surface area (Å²) in [5.41, 5.74) is 10.3. The van der Waals surface area contributed by atoms with Crippen LogP contribution in [0.4, 0.5) is 5.00 Å². The van der Waals surface area contributed by atoms with Crippen LogP contribution >= 0.6 is 11.3 Å². The topological polar surface area (TPSA) is 150 Å². The molecule has 0 amide bonds. The standard InChI is InChI=1S/C32H38N8O4S/c1-17(21-8-6-13-38(21)2)43-30-24-29(40(31(41)39(24)3)18-10-14-42-16-18)35-28(36-30)25-19-7-4-11-32(26(19)37-44-25)12-5-9-22-23(32)20(15-33)27(34)45-22/h17-18,21H,4-14,16,34H2,1-3H3/t17-,18+,21-,32-/m0/s1. The Morgan fingerprint density at radius 1 is 1.18 bits per heavy atom. The van der Waals surface area contributed by atoms with Crippen LogP contribution in [-0.4, -0.2) is 68.1 Å². The Kier molecular flexibility index (Phi) is 6.81. The Bertz CT molecular complexity index is 1910. The van der Waals surface area contributed by atoms with Gasteiger partial charge < -0.3 is 19.7 Å². The number of ether oxygens (including phenoxy) is 2. The molecular formula is C32H38N8O4S. The zero-order valence-electron chi connectivity index (χ0n) is 26.0. The molecule has 0 saturated carbocycles. The lowest BCUT2D eigenvalue weighted by Gasteiger charge is -2.39.